The molecule has 0 atom stereocenters. The summed E-state index contributed by atoms with van der Waals surface area (Å²) in [5.41, 5.74) is 5.77. The van der Waals surface area contributed by atoms with E-state index in [9.17, 15) is 0 Å². The molecular weight excluding hydrogens is 272 g/mol. The fourth-order valence-electron chi connectivity index (χ4n) is 1.01. The smallest absolute Gasteiger partial charge is 0.104 e. The predicted octanol–water partition coefficient (Wildman–Crippen LogP) is 3.31. The Morgan fingerprint density at radius 2 is 2.20 bits per heavy atom. The second-order valence-electron chi connectivity index (χ2n) is 3.09. The molecule has 0 spiro atoms. The Labute approximate surface area is 103 Å². The van der Waals surface area contributed by atoms with E-state index in [1.807, 2.05) is 18.2 Å². The molecule has 0 unspecified atom stereocenters. The normalized spacial score (nSPS) is 11.7. The number of thioether (sulfide) groups is 1. The number of halogens is 1. The quantitative estimate of drug-likeness (QED) is 0.512. The summed E-state index contributed by atoms with van der Waals surface area (Å²) in [6.07, 6.45) is 1.04. The van der Waals surface area contributed by atoms with E-state index >= 15 is 0 Å². The molecule has 0 fully saturated rings. The third kappa shape index (κ3) is 4.71. The lowest BCUT2D eigenvalue weighted by Crippen LogP contribution is -2.15. The molecular formula is C11H15BrN2S. The van der Waals surface area contributed by atoms with Crippen molar-refractivity contribution >= 4 is 33.5 Å². The Kier molecular flexibility index (Phi) is 5.79. The molecule has 15 heavy (non-hydrogen) atoms. The minimum Gasteiger partial charge on any atom is -0.387 e. The average Bonchev–Trinajstić information content (AvgIpc) is 2.25. The van der Waals surface area contributed by atoms with Crippen LogP contribution in [0.5, 0.6) is 0 Å². The van der Waals surface area contributed by atoms with E-state index < -0.39 is 0 Å². The molecule has 0 saturated heterocycles. The number of benzene rings is 1. The number of aliphatic imine (C=N–C) groups is 1. The van der Waals surface area contributed by atoms with E-state index in [-0.39, 0.29) is 0 Å². The van der Waals surface area contributed by atoms with Crippen molar-refractivity contribution in [3.8, 4) is 0 Å². The van der Waals surface area contributed by atoms with Gasteiger partial charge >= 0.3 is 0 Å². The van der Waals surface area contributed by atoms with Crippen LogP contribution < -0.4 is 5.73 Å². The van der Waals surface area contributed by atoms with Gasteiger partial charge in [0.2, 0.25) is 0 Å². The zero-order valence-corrected chi connectivity index (χ0v) is 11.1. The van der Waals surface area contributed by atoms with Crippen LogP contribution in [0.2, 0.25) is 0 Å². The van der Waals surface area contributed by atoms with Crippen LogP contribution in [0.4, 0.5) is 0 Å². The van der Waals surface area contributed by atoms with Gasteiger partial charge in [0, 0.05) is 15.9 Å². The van der Waals surface area contributed by atoms with Crippen molar-refractivity contribution in [2.24, 2.45) is 10.7 Å². The number of rotatable bonds is 5. The first-order valence-electron chi connectivity index (χ1n) is 4.90. The summed E-state index contributed by atoms with van der Waals surface area (Å²) in [7, 11) is 0. The van der Waals surface area contributed by atoms with E-state index in [4.69, 9.17) is 5.73 Å². The number of nitrogens with two attached hydrogens (primary N) is 1. The fourth-order valence-corrected chi connectivity index (χ4v) is 2.42. The van der Waals surface area contributed by atoms with E-state index in [0.29, 0.717) is 0 Å². The van der Waals surface area contributed by atoms with Gasteiger partial charge in [-0.05, 0) is 34.5 Å². The Morgan fingerprint density at radius 1 is 1.47 bits per heavy atom. The van der Waals surface area contributed by atoms with Gasteiger partial charge in [-0.1, -0.05) is 19.1 Å². The standard InChI is InChI=1S/C11H15BrN2S/c1-2-7-14-11(13)8-15-10-6-4-3-5-9(10)12/h3-6H,2,7-8H2,1H3,(H2,13,14). The van der Waals surface area contributed by atoms with Crippen molar-refractivity contribution in [3.63, 3.8) is 0 Å². The molecule has 1 aromatic rings. The Morgan fingerprint density at radius 3 is 2.87 bits per heavy atom. The van der Waals surface area contributed by atoms with E-state index in [2.05, 4.69) is 33.9 Å². The molecule has 0 aliphatic carbocycles. The van der Waals surface area contributed by atoms with Gasteiger partial charge in [-0.15, -0.1) is 11.8 Å². The van der Waals surface area contributed by atoms with Crippen molar-refractivity contribution in [2.75, 3.05) is 12.3 Å². The summed E-state index contributed by atoms with van der Waals surface area (Å²) in [6, 6.07) is 8.12. The molecule has 0 radical (unpaired) electrons. The molecule has 0 aromatic heterocycles. The van der Waals surface area contributed by atoms with Crippen LogP contribution in [-0.2, 0) is 0 Å². The van der Waals surface area contributed by atoms with Gasteiger partial charge in [0.25, 0.3) is 0 Å². The molecule has 82 valence electrons. The summed E-state index contributed by atoms with van der Waals surface area (Å²) in [6.45, 7) is 2.92. The predicted molar refractivity (Wildman–Crippen MR) is 71.6 cm³/mol. The van der Waals surface area contributed by atoms with Gasteiger partial charge in [0.05, 0.1) is 5.75 Å². The summed E-state index contributed by atoms with van der Waals surface area (Å²) in [4.78, 5) is 5.45. The van der Waals surface area contributed by atoms with E-state index in [1.165, 1.54) is 4.90 Å². The number of hydrogen-bond acceptors (Lipinski definition) is 2. The highest BCUT2D eigenvalue weighted by Gasteiger charge is 2.00. The molecule has 1 aromatic carbocycles. The largest absolute Gasteiger partial charge is 0.387 e. The van der Waals surface area contributed by atoms with Gasteiger partial charge in [-0.3, -0.25) is 4.99 Å². The summed E-state index contributed by atoms with van der Waals surface area (Å²) in [5, 5.41) is 0. The Bertz CT molecular complexity index is 339. The van der Waals surface area contributed by atoms with Gasteiger partial charge in [0.1, 0.15) is 5.84 Å². The van der Waals surface area contributed by atoms with Gasteiger partial charge in [-0.25, -0.2) is 0 Å². The van der Waals surface area contributed by atoms with Crippen LogP contribution >= 0.6 is 27.7 Å². The molecule has 4 heteroatoms. The minimum absolute atomic E-state index is 0.720. The molecule has 2 N–H and O–H groups in total. The first kappa shape index (κ1) is 12.6. The number of hydrogen-bond donors (Lipinski definition) is 1. The van der Waals surface area contributed by atoms with E-state index in [1.54, 1.807) is 11.8 Å². The van der Waals surface area contributed by atoms with Crippen molar-refractivity contribution in [2.45, 2.75) is 18.2 Å². The maximum atomic E-state index is 5.77. The van der Waals surface area contributed by atoms with Gasteiger partial charge < -0.3 is 5.73 Å². The van der Waals surface area contributed by atoms with Crippen LogP contribution in [0, 0.1) is 0 Å². The van der Waals surface area contributed by atoms with Crippen molar-refractivity contribution < 1.29 is 0 Å². The molecule has 0 saturated carbocycles. The summed E-state index contributed by atoms with van der Waals surface area (Å²) in [5.74, 6) is 1.47. The van der Waals surface area contributed by atoms with Crippen LogP contribution in [0.15, 0.2) is 38.6 Å². The topological polar surface area (TPSA) is 38.4 Å². The SMILES string of the molecule is CCCN=C(N)CSc1ccccc1Br. The van der Waals surface area contributed by atoms with Crippen molar-refractivity contribution in [3.05, 3.63) is 28.7 Å². The fraction of sp³-hybridized carbons (Fsp3) is 0.364. The lowest BCUT2D eigenvalue weighted by Gasteiger charge is -2.03. The Balaban J connectivity index is 2.47. The molecule has 0 bridgehead atoms. The highest BCUT2D eigenvalue weighted by molar-refractivity contribution is 9.10. The number of nitrogens with zero attached hydrogens (tertiary/aromatic N) is 1. The molecule has 1 rings (SSSR count). The average molecular weight is 287 g/mol. The molecule has 0 aliphatic rings. The van der Waals surface area contributed by atoms with Crippen LogP contribution in [0.25, 0.3) is 0 Å². The molecule has 2 nitrogen and oxygen atoms in total. The summed E-state index contributed by atoms with van der Waals surface area (Å²) >= 11 is 5.20. The van der Waals surface area contributed by atoms with E-state index in [0.717, 1.165) is 29.0 Å². The lowest BCUT2D eigenvalue weighted by atomic mass is 10.4. The Hall–Kier alpha value is -0.480. The van der Waals surface area contributed by atoms with Crippen LogP contribution in [0.3, 0.4) is 0 Å². The zero-order chi connectivity index (χ0) is 11.1. The maximum Gasteiger partial charge on any atom is 0.104 e. The lowest BCUT2D eigenvalue weighted by molar-refractivity contribution is 0.929. The third-order valence-electron chi connectivity index (χ3n) is 1.75. The summed E-state index contributed by atoms with van der Waals surface area (Å²) < 4.78 is 1.11. The first-order chi connectivity index (χ1) is 7.24. The maximum absolute atomic E-state index is 5.77. The second kappa shape index (κ2) is 6.90. The second-order valence-corrected chi connectivity index (χ2v) is 4.96. The first-order valence-corrected chi connectivity index (χ1v) is 6.68. The van der Waals surface area contributed by atoms with Gasteiger partial charge in [0.15, 0.2) is 0 Å². The van der Waals surface area contributed by atoms with Crippen molar-refractivity contribution in [1.82, 2.24) is 0 Å². The third-order valence-corrected chi connectivity index (χ3v) is 3.81. The van der Waals surface area contributed by atoms with Crippen LogP contribution in [-0.4, -0.2) is 18.1 Å². The highest BCUT2D eigenvalue weighted by atomic mass is 79.9. The van der Waals surface area contributed by atoms with Crippen LogP contribution in [0.1, 0.15) is 13.3 Å². The van der Waals surface area contributed by atoms with Gasteiger partial charge in [-0.2, -0.15) is 0 Å². The number of amidine groups is 1. The van der Waals surface area contributed by atoms with Crippen molar-refractivity contribution in [1.29, 1.82) is 0 Å². The minimum atomic E-state index is 0.720. The molecule has 0 heterocycles. The molecule has 0 aliphatic heterocycles. The zero-order valence-electron chi connectivity index (χ0n) is 8.74. The monoisotopic (exact) mass is 286 g/mol. The molecule has 0 amide bonds. The highest BCUT2D eigenvalue weighted by Crippen LogP contribution is 2.26.